The van der Waals surface area contributed by atoms with Crippen molar-refractivity contribution in [1.29, 1.82) is 0 Å². The highest BCUT2D eigenvalue weighted by molar-refractivity contribution is 5.48. The second-order valence-corrected chi connectivity index (χ2v) is 6.14. The zero-order valence-electron chi connectivity index (χ0n) is 13.0. The van der Waals surface area contributed by atoms with Crippen LogP contribution in [0.4, 0.5) is 5.69 Å². The summed E-state index contributed by atoms with van der Waals surface area (Å²) in [5.74, 6) is 1.88. The molecule has 116 valence electrons. The first-order valence-corrected chi connectivity index (χ1v) is 7.57. The summed E-state index contributed by atoms with van der Waals surface area (Å²) < 4.78 is 5.60. The smallest absolute Gasteiger partial charge is 0.311 e. The van der Waals surface area contributed by atoms with E-state index in [2.05, 4.69) is 18.7 Å². The quantitative estimate of drug-likeness (QED) is 0.459. The maximum absolute atomic E-state index is 11.0. The van der Waals surface area contributed by atoms with E-state index < -0.39 is 0 Å². The first-order valence-electron chi connectivity index (χ1n) is 7.57. The summed E-state index contributed by atoms with van der Waals surface area (Å²) in [4.78, 5) is 13.1. The molecule has 5 nitrogen and oxygen atoms in total. The van der Waals surface area contributed by atoms with Crippen molar-refractivity contribution in [2.24, 2.45) is 11.8 Å². The van der Waals surface area contributed by atoms with Gasteiger partial charge in [-0.1, -0.05) is 19.9 Å². The SMILES string of the molecule is Cc1ccc(OCCCN2CC(C)C(C)C2)c([N+](=O)[O-])c1. The topological polar surface area (TPSA) is 55.6 Å². The Labute approximate surface area is 126 Å². The molecule has 2 rings (SSSR count). The van der Waals surface area contributed by atoms with E-state index in [9.17, 15) is 10.1 Å². The van der Waals surface area contributed by atoms with Gasteiger partial charge in [-0.3, -0.25) is 10.1 Å². The average molecular weight is 292 g/mol. The van der Waals surface area contributed by atoms with Crippen molar-refractivity contribution < 1.29 is 9.66 Å². The van der Waals surface area contributed by atoms with E-state index in [1.807, 2.05) is 13.0 Å². The summed E-state index contributed by atoms with van der Waals surface area (Å²) in [6, 6.07) is 5.08. The van der Waals surface area contributed by atoms with Gasteiger partial charge in [0.2, 0.25) is 0 Å². The Hall–Kier alpha value is -1.62. The van der Waals surface area contributed by atoms with Crippen LogP contribution in [0.15, 0.2) is 18.2 Å². The molecule has 5 heteroatoms. The van der Waals surface area contributed by atoms with Gasteiger partial charge in [-0.2, -0.15) is 0 Å². The van der Waals surface area contributed by atoms with Gasteiger partial charge in [0.25, 0.3) is 0 Å². The fourth-order valence-corrected chi connectivity index (χ4v) is 2.79. The summed E-state index contributed by atoms with van der Waals surface area (Å²) in [6.45, 7) is 10.2. The first-order chi connectivity index (χ1) is 9.97. The van der Waals surface area contributed by atoms with Crippen LogP contribution in [0.2, 0.25) is 0 Å². The zero-order chi connectivity index (χ0) is 15.4. The number of ether oxygens (including phenoxy) is 1. The molecule has 1 fully saturated rings. The minimum atomic E-state index is -0.383. The van der Waals surface area contributed by atoms with E-state index in [1.165, 1.54) is 0 Å². The summed E-state index contributed by atoms with van der Waals surface area (Å²) in [7, 11) is 0. The molecule has 0 amide bonds. The monoisotopic (exact) mass is 292 g/mol. The van der Waals surface area contributed by atoms with E-state index in [1.54, 1.807) is 12.1 Å². The van der Waals surface area contributed by atoms with Crippen LogP contribution in [0.3, 0.4) is 0 Å². The van der Waals surface area contributed by atoms with E-state index >= 15 is 0 Å². The highest BCUT2D eigenvalue weighted by atomic mass is 16.6. The summed E-state index contributed by atoms with van der Waals surface area (Å²) in [6.07, 6.45) is 0.893. The van der Waals surface area contributed by atoms with Gasteiger partial charge in [0, 0.05) is 25.7 Å². The van der Waals surface area contributed by atoms with Crippen LogP contribution in [0, 0.1) is 28.9 Å². The van der Waals surface area contributed by atoms with E-state index in [0.29, 0.717) is 12.4 Å². The van der Waals surface area contributed by atoms with Crippen molar-refractivity contribution in [2.45, 2.75) is 27.2 Å². The molecule has 0 bridgehead atoms. The van der Waals surface area contributed by atoms with Crippen LogP contribution >= 0.6 is 0 Å². The van der Waals surface area contributed by atoms with Gasteiger partial charge in [0.1, 0.15) is 0 Å². The molecular weight excluding hydrogens is 268 g/mol. The number of nitro benzene ring substituents is 1. The van der Waals surface area contributed by atoms with E-state index in [4.69, 9.17) is 4.74 Å². The van der Waals surface area contributed by atoms with Crippen LogP contribution in [-0.2, 0) is 0 Å². The second-order valence-electron chi connectivity index (χ2n) is 6.14. The predicted molar refractivity (Wildman–Crippen MR) is 82.7 cm³/mol. The molecule has 0 spiro atoms. The normalized spacial score (nSPS) is 22.4. The number of hydrogen-bond acceptors (Lipinski definition) is 4. The van der Waals surface area contributed by atoms with Crippen molar-refractivity contribution in [1.82, 2.24) is 4.90 Å². The van der Waals surface area contributed by atoms with Crippen LogP contribution in [0.1, 0.15) is 25.8 Å². The summed E-state index contributed by atoms with van der Waals surface area (Å²) in [5.41, 5.74) is 0.924. The third-order valence-electron chi connectivity index (χ3n) is 4.25. The maximum atomic E-state index is 11.0. The highest BCUT2D eigenvalue weighted by Crippen LogP contribution is 2.28. The molecule has 21 heavy (non-hydrogen) atoms. The molecule has 1 aromatic carbocycles. The highest BCUT2D eigenvalue weighted by Gasteiger charge is 2.25. The minimum absolute atomic E-state index is 0.0541. The molecule has 0 aromatic heterocycles. The molecule has 0 N–H and O–H groups in total. The molecule has 0 radical (unpaired) electrons. The second kappa shape index (κ2) is 6.89. The van der Waals surface area contributed by atoms with Gasteiger partial charge in [-0.25, -0.2) is 0 Å². The lowest BCUT2D eigenvalue weighted by Crippen LogP contribution is -2.23. The molecule has 0 aliphatic carbocycles. The lowest BCUT2D eigenvalue weighted by atomic mass is 10.0. The van der Waals surface area contributed by atoms with Gasteiger partial charge in [-0.15, -0.1) is 0 Å². The van der Waals surface area contributed by atoms with Gasteiger partial charge in [-0.05, 0) is 36.8 Å². The van der Waals surface area contributed by atoms with Crippen molar-refractivity contribution in [2.75, 3.05) is 26.2 Å². The largest absolute Gasteiger partial charge is 0.487 e. The van der Waals surface area contributed by atoms with Crippen LogP contribution in [0.5, 0.6) is 5.75 Å². The summed E-state index contributed by atoms with van der Waals surface area (Å²) >= 11 is 0. The number of hydrogen-bond donors (Lipinski definition) is 0. The Balaban J connectivity index is 1.80. The van der Waals surface area contributed by atoms with E-state index in [-0.39, 0.29) is 10.6 Å². The lowest BCUT2D eigenvalue weighted by Gasteiger charge is -2.15. The molecule has 2 unspecified atom stereocenters. The molecule has 2 atom stereocenters. The molecule has 1 heterocycles. The van der Waals surface area contributed by atoms with E-state index in [0.717, 1.165) is 43.5 Å². The van der Waals surface area contributed by atoms with Gasteiger partial charge < -0.3 is 9.64 Å². The van der Waals surface area contributed by atoms with Gasteiger partial charge in [0.15, 0.2) is 5.75 Å². The van der Waals surface area contributed by atoms with Gasteiger partial charge >= 0.3 is 5.69 Å². The first kappa shape index (κ1) is 15.8. The molecule has 1 aromatic rings. The number of aryl methyl sites for hydroxylation is 1. The van der Waals surface area contributed by atoms with Crippen LogP contribution < -0.4 is 4.74 Å². The van der Waals surface area contributed by atoms with Crippen molar-refractivity contribution in [3.05, 3.63) is 33.9 Å². The molecule has 0 saturated carbocycles. The third kappa shape index (κ3) is 4.17. The van der Waals surface area contributed by atoms with Crippen molar-refractivity contribution in [3.63, 3.8) is 0 Å². The molecule has 1 aliphatic rings. The molecular formula is C16H24N2O3. The number of rotatable bonds is 6. The Kier molecular flexibility index (Phi) is 5.17. The molecule has 1 aliphatic heterocycles. The number of nitro groups is 1. The lowest BCUT2D eigenvalue weighted by molar-refractivity contribution is -0.385. The molecule has 1 saturated heterocycles. The third-order valence-corrected chi connectivity index (χ3v) is 4.25. The standard InChI is InChI=1S/C16H24N2O3/c1-12-5-6-16(15(9-12)18(19)20)21-8-4-7-17-10-13(2)14(3)11-17/h5-6,9,13-14H,4,7-8,10-11H2,1-3H3. The Morgan fingerprint density at radius 1 is 1.33 bits per heavy atom. The van der Waals surface area contributed by atoms with Gasteiger partial charge in [0.05, 0.1) is 11.5 Å². The fourth-order valence-electron chi connectivity index (χ4n) is 2.79. The van der Waals surface area contributed by atoms with Crippen molar-refractivity contribution in [3.8, 4) is 5.75 Å². The van der Waals surface area contributed by atoms with Crippen LogP contribution in [0.25, 0.3) is 0 Å². The van der Waals surface area contributed by atoms with Crippen LogP contribution in [-0.4, -0.2) is 36.1 Å². The number of nitrogens with zero attached hydrogens (tertiary/aromatic N) is 2. The maximum Gasteiger partial charge on any atom is 0.311 e. The van der Waals surface area contributed by atoms with Crippen molar-refractivity contribution >= 4 is 5.69 Å². The fraction of sp³-hybridized carbons (Fsp3) is 0.625. The predicted octanol–water partition coefficient (Wildman–Crippen LogP) is 3.26. The zero-order valence-corrected chi connectivity index (χ0v) is 13.0. The Morgan fingerprint density at radius 2 is 2.00 bits per heavy atom. The number of likely N-dealkylation sites (tertiary alicyclic amines) is 1. The Morgan fingerprint density at radius 3 is 2.62 bits per heavy atom. The average Bonchev–Trinajstić information content (AvgIpc) is 2.75. The Bertz CT molecular complexity index is 494. The summed E-state index contributed by atoms with van der Waals surface area (Å²) in [5, 5.41) is 11.0. The minimum Gasteiger partial charge on any atom is -0.487 e. The number of benzene rings is 1.